The van der Waals surface area contributed by atoms with Crippen LogP contribution in [0, 0.1) is 13.8 Å². The average Bonchev–Trinajstić information content (AvgIpc) is 2.83. The zero-order chi connectivity index (χ0) is 24.9. The highest BCUT2D eigenvalue weighted by Crippen LogP contribution is 2.26. The van der Waals surface area contributed by atoms with Crippen LogP contribution in [0.25, 0.3) is 0 Å². The van der Waals surface area contributed by atoms with Gasteiger partial charge in [-0.25, -0.2) is 8.42 Å². The Labute approximate surface area is 200 Å². The van der Waals surface area contributed by atoms with Crippen molar-refractivity contribution in [1.82, 2.24) is 14.5 Å². The highest BCUT2D eigenvalue weighted by atomic mass is 32.2. The number of phenolic OH excluding ortho intramolecular Hbond substituents is 1. The van der Waals surface area contributed by atoms with E-state index in [1.165, 1.54) is 17.5 Å². The number of rotatable bonds is 8. The topological polar surface area (TPSA) is 116 Å². The lowest BCUT2D eigenvalue weighted by atomic mass is 10.2. The molecule has 0 bridgehead atoms. The van der Waals surface area contributed by atoms with Crippen LogP contribution in [0.2, 0.25) is 0 Å². The van der Waals surface area contributed by atoms with Gasteiger partial charge in [-0.05, 0) is 48.7 Å². The van der Waals surface area contributed by atoms with E-state index in [0.29, 0.717) is 16.2 Å². The minimum absolute atomic E-state index is 0.0186. The largest absolute Gasteiger partial charge is 0.504 e. The van der Waals surface area contributed by atoms with Crippen LogP contribution in [0.5, 0.6) is 11.5 Å². The number of nitrogens with one attached hydrogen (secondary N) is 1. The second-order valence-electron chi connectivity index (χ2n) is 8.34. The Kier molecular flexibility index (Phi) is 8.16. The minimum Gasteiger partial charge on any atom is -0.504 e. The molecule has 34 heavy (non-hydrogen) atoms. The number of benzene rings is 2. The van der Waals surface area contributed by atoms with Gasteiger partial charge in [0.05, 0.1) is 12.0 Å². The number of hydrogen-bond donors (Lipinski definition) is 2. The Morgan fingerprint density at radius 2 is 1.74 bits per heavy atom. The molecule has 0 radical (unpaired) electrons. The van der Waals surface area contributed by atoms with E-state index in [-0.39, 0.29) is 63.1 Å². The van der Waals surface area contributed by atoms with Gasteiger partial charge in [-0.2, -0.15) is 4.31 Å². The van der Waals surface area contributed by atoms with Gasteiger partial charge in [0.25, 0.3) is 0 Å². The van der Waals surface area contributed by atoms with Gasteiger partial charge in [0, 0.05) is 45.6 Å². The summed E-state index contributed by atoms with van der Waals surface area (Å²) in [4.78, 5) is 26.6. The smallest absolute Gasteiger partial charge is 0.243 e. The number of carbonyl (C=O) groups excluding carboxylic acids is 2. The summed E-state index contributed by atoms with van der Waals surface area (Å²) in [6.45, 7) is 4.89. The molecule has 3 rings (SSSR count). The van der Waals surface area contributed by atoms with Gasteiger partial charge < -0.3 is 20.1 Å². The van der Waals surface area contributed by atoms with Gasteiger partial charge in [0.1, 0.15) is 0 Å². The van der Waals surface area contributed by atoms with E-state index in [4.69, 9.17) is 4.74 Å². The second-order valence-corrected chi connectivity index (χ2v) is 10.2. The highest BCUT2D eigenvalue weighted by Gasteiger charge is 2.31. The second kappa shape index (κ2) is 10.9. The third-order valence-electron chi connectivity index (χ3n) is 5.85. The monoisotopic (exact) mass is 489 g/mol. The first-order chi connectivity index (χ1) is 16.1. The number of sulfonamides is 1. The van der Waals surface area contributed by atoms with Crippen molar-refractivity contribution in [2.24, 2.45) is 0 Å². The summed E-state index contributed by atoms with van der Waals surface area (Å²) in [7, 11) is -2.18. The quantitative estimate of drug-likeness (QED) is 0.586. The molecule has 10 heteroatoms. The van der Waals surface area contributed by atoms with Crippen LogP contribution >= 0.6 is 0 Å². The molecule has 2 aromatic carbocycles. The standard InChI is InChI=1S/C24H31N3O6S/c1-17-4-5-18(2)22(14-17)34(31,32)27-12-10-26(11-13-27)24(30)9-8-23(29)25-16-19-6-7-20(28)21(15-19)33-3/h4-7,14-15,28H,8-13,16H2,1-3H3,(H,25,29). The fourth-order valence-electron chi connectivity index (χ4n) is 3.80. The van der Waals surface area contributed by atoms with Crippen molar-refractivity contribution < 1.29 is 27.9 Å². The number of methoxy groups -OCH3 is 1. The summed E-state index contributed by atoms with van der Waals surface area (Å²) >= 11 is 0. The molecule has 2 aromatic rings. The molecule has 0 atom stereocenters. The van der Waals surface area contributed by atoms with Crippen LogP contribution in [0.1, 0.15) is 29.5 Å². The zero-order valence-corrected chi connectivity index (χ0v) is 20.5. The van der Waals surface area contributed by atoms with Gasteiger partial charge in [0.2, 0.25) is 21.8 Å². The molecule has 1 aliphatic rings. The zero-order valence-electron chi connectivity index (χ0n) is 19.7. The van der Waals surface area contributed by atoms with Crippen molar-refractivity contribution >= 4 is 21.8 Å². The van der Waals surface area contributed by atoms with Crippen LogP contribution < -0.4 is 10.1 Å². The molecule has 1 fully saturated rings. The number of hydrogen-bond acceptors (Lipinski definition) is 6. The molecule has 0 spiro atoms. The fourth-order valence-corrected chi connectivity index (χ4v) is 5.53. The molecule has 0 aromatic heterocycles. The summed E-state index contributed by atoms with van der Waals surface area (Å²) in [5.74, 6) is -0.104. The molecule has 9 nitrogen and oxygen atoms in total. The van der Waals surface area contributed by atoms with E-state index in [0.717, 1.165) is 11.1 Å². The van der Waals surface area contributed by atoms with Gasteiger partial charge >= 0.3 is 0 Å². The molecule has 0 aliphatic carbocycles. The first-order valence-electron chi connectivity index (χ1n) is 11.1. The van der Waals surface area contributed by atoms with Crippen LogP contribution in [0.15, 0.2) is 41.3 Å². The Morgan fingerprint density at radius 1 is 1.03 bits per heavy atom. The van der Waals surface area contributed by atoms with Crippen molar-refractivity contribution in [2.45, 2.75) is 38.1 Å². The van der Waals surface area contributed by atoms with E-state index < -0.39 is 10.0 Å². The highest BCUT2D eigenvalue weighted by molar-refractivity contribution is 7.89. The van der Waals surface area contributed by atoms with Crippen LogP contribution in [-0.2, 0) is 26.2 Å². The number of piperazine rings is 1. The number of phenols is 1. The van der Waals surface area contributed by atoms with Crippen molar-refractivity contribution in [3.05, 3.63) is 53.1 Å². The van der Waals surface area contributed by atoms with E-state index in [1.807, 2.05) is 13.0 Å². The van der Waals surface area contributed by atoms with Gasteiger partial charge in [-0.15, -0.1) is 0 Å². The summed E-state index contributed by atoms with van der Waals surface area (Å²) in [6.07, 6.45) is 0.0868. The number of amides is 2. The SMILES string of the molecule is COc1cc(CNC(=O)CCC(=O)N2CCN(S(=O)(=O)c3cc(C)ccc3C)CC2)ccc1O. The maximum absolute atomic E-state index is 13.0. The van der Waals surface area contributed by atoms with Crippen LogP contribution in [0.4, 0.5) is 0 Å². The first kappa shape index (κ1) is 25.5. The van der Waals surface area contributed by atoms with E-state index in [2.05, 4.69) is 5.32 Å². The van der Waals surface area contributed by atoms with Gasteiger partial charge in [-0.3, -0.25) is 9.59 Å². The molecule has 184 valence electrons. The normalized spacial score (nSPS) is 14.6. The average molecular weight is 490 g/mol. The molecule has 1 aliphatic heterocycles. The predicted octanol–water partition coefficient (Wildman–Crippen LogP) is 1.95. The number of aromatic hydroxyl groups is 1. The van der Waals surface area contributed by atoms with Crippen molar-refractivity contribution in [3.63, 3.8) is 0 Å². The molecular formula is C24H31N3O6S. The molecule has 2 N–H and O–H groups in total. The molecule has 0 unspecified atom stereocenters. The molecule has 1 heterocycles. The minimum atomic E-state index is -3.62. The summed E-state index contributed by atoms with van der Waals surface area (Å²) in [6, 6.07) is 10.1. The van der Waals surface area contributed by atoms with Gasteiger partial charge in [0.15, 0.2) is 11.5 Å². The Hall–Kier alpha value is -3.11. The first-order valence-corrected chi connectivity index (χ1v) is 12.5. The number of aryl methyl sites for hydroxylation is 2. The van der Waals surface area contributed by atoms with Crippen LogP contribution in [-0.4, -0.2) is 67.8 Å². The van der Waals surface area contributed by atoms with Crippen molar-refractivity contribution in [3.8, 4) is 11.5 Å². The van der Waals surface area contributed by atoms with Gasteiger partial charge in [-0.1, -0.05) is 18.2 Å². The lowest BCUT2D eigenvalue weighted by molar-refractivity contribution is -0.134. The van der Waals surface area contributed by atoms with E-state index >= 15 is 0 Å². The Bertz CT molecular complexity index is 1160. The summed E-state index contributed by atoms with van der Waals surface area (Å²) < 4.78 is 32.6. The molecular weight excluding hydrogens is 458 g/mol. The number of carbonyl (C=O) groups is 2. The fraction of sp³-hybridized carbons (Fsp3) is 0.417. The predicted molar refractivity (Wildman–Crippen MR) is 127 cm³/mol. The number of nitrogens with zero attached hydrogens (tertiary/aromatic N) is 2. The van der Waals surface area contributed by atoms with E-state index in [9.17, 15) is 23.1 Å². The summed E-state index contributed by atoms with van der Waals surface area (Å²) in [5.41, 5.74) is 2.33. The summed E-state index contributed by atoms with van der Waals surface area (Å²) in [5, 5.41) is 12.4. The molecule has 2 amide bonds. The molecule has 1 saturated heterocycles. The van der Waals surface area contributed by atoms with Crippen molar-refractivity contribution in [1.29, 1.82) is 0 Å². The lowest BCUT2D eigenvalue weighted by Crippen LogP contribution is -2.50. The lowest BCUT2D eigenvalue weighted by Gasteiger charge is -2.34. The van der Waals surface area contributed by atoms with Crippen molar-refractivity contribution in [2.75, 3.05) is 33.3 Å². The Balaban J connectivity index is 1.46. The molecule has 0 saturated carbocycles. The van der Waals surface area contributed by atoms with E-state index in [1.54, 1.807) is 36.1 Å². The Morgan fingerprint density at radius 3 is 2.41 bits per heavy atom. The third kappa shape index (κ3) is 6.06. The number of ether oxygens (including phenoxy) is 1. The third-order valence-corrected chi connectivity index (χ3v) is 7.89. The maximum atomic E-state index is 13.0. The maximum Gasteiger partial charge on any atom is 0.243 e. The van der Waals surface area contributed by atoms with Crippen LogP contribution in [0.3, 0.4) is 0 Å².